The number of benzene rings is 4. The Morgan fingerprint density at radius 2 is 1.18 bits per heavy atom. The van der Waals surface area contributed by atoms with Crippen molar-refractivity contribution in [3.05, 3.63) is 84.4 Å². The van der Waals surface area contributed by atoms with Crippen molar-refractivity contribution < 1.29 is 14.3 Å². The molecule has 0 bridgehead atoms. The summed E-state index contributed by atoms with van der Waals surface area (Å²) in [5, 5.41) is 4.95. The molecule has 2 heterocycles. The molecule has 0 aliphatic heterocycles. The van der Waals surface area contributed by atoms with Crippen LogP contribution in [0.5, 0.6) is 11.5 Å². The Kier molecular flexibility index (Phi) is 8.40. The number of ether oxygens (including phenoxy) is 2. The molecule has 0 unspecified atom stereocenters. The van der Waals surface area contributed by atoms with Gasteiger partial charge in [0.15, 0.2) is 6.29 Å². The first-order valence-corrected chi connectivity index (χ1v) is 14.2. The number of hydrogen-bond acceptors (Lipinski definition) is 3. The lowest BCUT2D eigenvalue weighted by Crippen LogP contribution is -1.98. The van der Waals surface area contributed by atoms with Crippen LogP contribution in [0, 0.1) is 0 Å². The van der Waals surface area contributed by atoms with Gasteiger partial charge in [0.1, 0.15) is 11.5 Å². The zero-order chi connectivity index (χ0) is 28.1. The van der Waals surface area contributed by atoms with Crippen LogP contribution in [0.15, 0.2) is 78.9 Å². The third-order valence-electron chi connectivity index (χ3n) is 7.70. The normalized spacial score (nSPS) is 11.2. The van der Waals surface area contributed by atoms with Crippen molar-refractivity contribution in [2.75, 3.05) is 14.2 Å². The van der Waals surface area contributed by atoms with Crippen molar-refractivity contribution in [3.63, 3.8) is 0 Å². The standard InChI is InChI=1S/C18H19NO2.C17H19NO/c1-3-4-9-19-16-8-6-5-7-14(16)15-11-18(21-2)13(12-20)10-17(15)19;1-3-4-11-18-16-8-6-5-7-14(16)15-12-13(19-2)9-10-17(15)18/h5-8,10-12H,3-4,9H2,1-2H3;5-10,12H,3-4,11H2,1-2H3. The maximum absolute atomic E-state index is 11.3. The molecule has 0 amide bonds. The van der Waals surface area contributed by atoms with E-state index in [1.807, 2.05) is 24.3 Å². The molecule has 40 heavy (non-hydrogen) atoms. The summed E-state index contributed by atoms with van der Waals surface area (Å²) in [6.07, 6.45) is 5.55. The molecule has 0 saturated heterocycles. The van der Waals surface area contributed by atoms with Gasteiger partial charge >= 0.3 is 0 Å². The van der Waals surface area contributed by atoms with Gasteiger partial charge in [-0.2, -0.15) is 0 Å². The molecule has 0 spiro atoms. The summed E-state index contributed by atoms with van der Waals surface area (Å²) in [5.41, 5.74) is 5.54. The largest absolute Gasteiger partial charge is 0.497 e. The average Bonchev–Trinajstić information content (AvgIpc) is 3.49. The molecular formula is C35H38N2O3. The van der Waals surface area contributed by atoms with Gasteiger partial charge in [0.25, 0.3) is 0 Å². The van der Waals surface area contributed by atoms with E-state index in [9.17, 15) is 4.79 Å². The fourth-order valence-corrected chi connectivity index (χ4v) is 5.63. The number of aryl methyl sites for hydroxylation is 2. The summed E-state index contributed by atoms with van der Waals surface area (Å²) in [5.74, 6) is 1.56. The van der Waals surface area contributed by atoms with E-state index in [0.717, 1.165) is 48.9 Å². The van der Waals surface area contributed by atoms with E-state index in [0.29, 0.717) is 11.3 Å². The van der Waals surface area contributed by atoms with Crippen LogP contribution in [-0.4, -0.2) is 29.6 Å². The molecule has 0 radical (unpaired) electrons. The van der Waals surface area contributed by atoms with Crippen LogP contribution in [0.3, 0.4) is 0 Å². The third-order valence-corrected chi connectivity index (χ3v) is 7.70. The molecule has 0 N–H and O–H groups in total. The number of carbonyl (C=O) groups is 1. The smallest absolute Gasteiger partial charge is 0.153 e. The van der Waals surface area contributed by atoms with Gasteiger partial charge in [-0.25, -0.2) is 0 Å². The molecule has 6 rings (SSSR count). The fourth-order valence-electron chi connectivity index (χ4n) is 5.63. The zero-order valence-electron chi connectivity index (χ0n) is 23.9. The van der Waals surface area contributed by atoms with Gasteiger partial charge in [-0.05, 0) is 55.3 Å². The van der Waals surface area contributed by atoms with Gasteiger partial charge in [0.2, 0.25) is 0 Å². The number of fused-ring (bicyclic) bond motifs is 6. The minimum absolute atomic E-state index is 0.602. The first-order chi connectivity index (χ1) is 19.6. The third kappa shape index (κ3) is 5.04. The highest BCUT2D eigenvalue weighted by atomic mass is 16.5. The van der Waals surface area contributed by atoms with Crippen molar-refractivity contribution in [3.8, 4) is 11.5 Å². The first-order valence-electron chi connectivity index (χ1n) is 14.2. The average molecular weight is 535 g/mol. The molecule has 206 valence electrons. The predicted molar refractivity (Wildman–Crippen MR) is 167 cm³/mol. The number of aldehydes is 1. The summed E-state index contributed by atoms with van der Waals surface area (Å²) in [4.78, 5) is 11.3. The highest BCUT2D eigenvalue weighted by molar-refractivity contribution is 6.10. The van der Waals surface area contributed by atoms with Crippen molar-refractivity contribution in [2.45, 2.75) is 52.6 Å². The Labute approximate surface area is 235 Å². The monoisotopic (exact) mass is 534 g/mol. The molecular weight excluding hydrogens is 496 g/mol. The van der Waals surface area contributed by atoms with Gasteiger partial charge in [-0.1, -0.05) is 63.1 Å². The summed E-state index contributed by atoms with van der Waals surface area (Å²) in [7, 11) is 3.32. The molecule has 4 aromatic carbocycles. The molecule has 5 nitrogen and oxygen atoms in total. The molecule has 5 heteroatoms. The second kappa shape index (κ2) is 12.3. The van der Waals surface area contributed by atoms with Gasteiger partial charge in [0.05, 0.1) is 25.3 Å². The fraction of sp³-hybridized carbons (Fsp3) is 0.286. The molecule has 0 fully saturated rings. The Morgan fingerprint density at radius 3 is 1.73 bits per heavy atom. The highest BCUT2D eigenvalue weighted by Gasteiger charge is 2.14. The highest BCUT2D eigenvalue weighted by Crippen LogP contribution is 2.34. The van der Waals surface area contributed by atoms with Crippen LogP contribution in [0.4, 0.5) is 0 Å². The van der Waals surface area contributed by atoms with Crippen molar-refractivity contribution in [2.24, 2.45) is 0 Å². The number of hydrogen-bond donors (Lipinski definition) is 0. The Hall–Kier alpha value is -4.25. The number of para-hydroxylation sites is 2. The number of methoxy groups -OCH3 is 2. The van der Waals surface area contributed by atoms with Crippen molar-refractivity contribution >= 4 is 49.9 Å². The van der Waals surface area contributed by atoms with Crippen LogP contribution in [0.25, 0.3) is 43.6 Å². The number of nitrogens with zero attached hydrogens (tertiary/aromatic N) is 2. The van der Waals surface area contributed by atoms with Gasteiger partial charge < -0.3 is 18.6 Å². The van der Waals surface area contributed by atoms with E-state index in [1.54, 1.807) is 14.2 Å². The molecule has 0 aliphatic carbocycles. The van der Waals surface area contributed by atoms with Crippen LogP contribution >= 0.6 is 0 Å². The molecule has 0 atom stereocenters. The Balaban J connectivity index is 0.000000162. The van der Waals surface area contributed by atoms with Gasteiger partial charge in [-0.3, -0.25) is 4.79 Å². The quantitative estimate of drug-likeness (QED) is 0.174. The zero-order valence-corrected chi connectivity index (χ0v) is 23.9. The van der Waals surface area contributed by atoms with E-state index >= 15 is 0 Å². The van der Waals surface area contributed by atoms with E-state index in [4.69, 9.17) is 9.47 Å². The molecule has 6 aromatic rings. The Morgan fingerprint density at radius 1 is 0.625 bits per heavy atom. The second-order valence-electron chi connectivity index (χ2n) is 10.2. The summed E-state index contributed by atoms with van der Waals surface area (Å²) >= 11 is 0. The first kappa shape index (κ1) is 27.3. The lowest BCUT2D eigenvalue weighted by Gasteiger charge is -2.08. The van der Waals surface area contributed by atoms with E-state index < -0.39 is 0 Å². The number of rotatable bonds is 9. The maximum atomic E-state index is 11.3. The molecule has 0 aliphatic rings. The lowest BCUT2D eigenvalue weighted by molar-refractivity contribution is 0.112. The van der Waals surface area contributed by atoms with Gasteiger partial charge in [-0.15, -0.1) is 0 Å². The Bertz CT molecular complexity index is 1780. The number of carbonyl (C=O) groups excluding carboxylic acids is 1. The predicted octanol–water partition coefficient (Wildman–Crippen LogP) is 9.02. The van der Waals surface area contributed by atoms with Crippen molar-refractivity contribution in [1.29, 1.82) is 0 Å². The summed E-state index contributed by atoms with van der Waals surface area (Å²) in [6, 6.07) is 27.3. The summed E-state index contributed by atoms with van der Waals surface area (Å²) < 4.78 is 15.4. The number of unbranched alkanes of at least 4 members (excludes halogenated alkanes) is 2. The van der Waals surface area contributed by atoms with E-state index in [1.165, 1.54) is 45.6 Å². The lowest BCUT2D eigenvalue weighted by atomic mass is 10.1. The van der Waals surface area contributed by atoms with Crippen LogP contribution in [0.2, 0.25) is 0 Å². The SMILES string of the molecule is CCCCn1c2ccccc2c2cc(OC)c(C=O)cc21.CCCCn1c2ccccc2c2cc(OC)ccc21. The summed E-state index contributed by atoms with van der Waals surface area (Å²) in [6.45, 7) is 6.46. The van der Waals surface area contributed by atoms with Crippen LogP contribution in [0.1, 0.15) is 49.9 Å². The maximum Gasteiger partial charge on any atom is 0.153 e. The van der Waals surface area contributed by atoms with Crippen molar-refractivity contribution in [1.82, 2.24) is 9.13 Å². The van der Waals surface area contributed by atoms with Gasteiger partial charge in [0, 0.05) is 51.2 Å². The molecule has 0 saturated carbocycles. The molecule has 2 aromatic heterocycles. The number of aromatic nitrogens is 2. The minimum atomic E-state index is 0.602. The van der Waals surface area contributed by atoms with E-state index in [-0.39, 0.29) is 0 Å². The van der Waals surface area contributed by atoms with Crippen LogP contribution < -0.4 is 9.47 Å². The topological polar surface area (TPSA) is 45.4 Å². The minimum Gasteiger partial charge on any atom is -0.497 e. The second-order valence-corrected chi connectivity index (χ2v) is 10.2. The van der Waals surface area contributed by atoms with E-state index in [2.05, 4.69) is 77.6 Å². The van der Waals surface area contributed by atoms with Crippen LogP contribution in [-0.2, 0) is 13.1 Å².